The van der Waals surface area contributed by atoms with Gasteiger partial charge in [-0.05, 0) is 55.0 Å². The van der Waals surface area contributed by atoms with Crippen LogP contribution in [-0.4, -0.2) is 17.9 Å². The molecule has 1 unspecified atom stereocenters. The second kappa shape index (κ2) is 7.84. The normalized spacial score (nSPS) is 11.0. The molecule has 0 radical (unpaired) electrons. The third-order valence-corrected chi connectivity index (χ3v) is 3.47. The topological polar surface area (TPSA) is 98.2 Å². The zero-order valence-corrected chi connectivity index (χ0v) is 13.4. The average molecular weight is 321 g/mol. The van der Waals surface area contributed by atoms with Crippen LogP contribution in [0.15, 0.2) is 48.5 Å². The fourth-order valence-corrected chi connectivity index (χ4v) is 2.03. The molecule has 2 aromatic rings. The molecule has 5 nitrogen and oxygen atoms in total. The smallest absolute Gasteiger partial charge is 0.251 e. The number of amides is 2. The lowest BCUT2D eigenvalue weighted by molar-refractivity contribution is -0.119. The van der Waals surface area contributed by atoms with Crippen LogP contribution in [0.1, 0.15) is 34.8 Å². The Balaban J connectivity index is 2.06. The highest BCUT2D eigenvalue weighted by atomic mass is 16.2. The SMILES string of the molecule is CCC(NC(=O)c1ccc(C#Cc2ccc(N)cc2)cc1)C(N)=O. The van der Waals surface area contributed by atoms with Gasteiger partial charge in [0, 0.05) is 22.4 Å². The van der Waals surface area contributed by atoms with Crippen LogP contribution in [0.25, 0.3) is 0 Å². The number of nitrogens with two attached hydrogens (primary N) is 2. The molecule has 0 aliphatic heterocycles. The molecule has 0 aliphatic carbocycles. The lowest BCUT2D eigenvalue weighted by Gasteiger charge is -2.13. The van der Waals surface area contributed by atoms with Gasteiger partial charge in [0.25, 0.3) is 5.91 Å². The van der Waals surface area contributed by atoms with E-state index in [0.29, 0.717) is 17.7 Å². The molecule has 1 atom stereocenters. The lowest BCUT2D eigenvalue weighted by Crippen LogP contribution is -2.43. The monoisotopic (exact) mass is 321 g/mol. The van der Waals surface area contributed by atoms with Crippen LogP contribution in [0, 0.1) is 11.8 Å². The minimum Gasteiger partial charge on any atom is -0.399 e. The van der Waals surface area contributed by atoms with Crippen molar-refractivity contribution in [2.45, 2.75) is 19.4 Å². The average Bonchev–Trinajstić information content (AvgIpc) is 2.59. The third-order valence-electron chi connectivity index (χ3n) is 3.47. The predicted octanol–water partition coefficient (Wildman–Crippen LogP) is 1.66. The van der Waals surface area contributed by atoms with Crippen molar-refractivity contribution in [2.75, 3.05) is 5.73 Å². The van der Waals surface area contributed by atoms with E-state index in [4.69, 9.17) is 11.5 Å². The number of benzene rings is 2. The van der Waals surface area contributed by atoms with Crippen molar-refractivity contribution in [1.82, 2.24) is 5.32 Å². The number of nitrogen functional groups attached to an aromatic ring is 1. The maximum absolute atomic E-state index is 12.1. The van der Waals surface area contributed by atoms with E-state index < -0.39 is 11.9 Å². The van der Waals surface area contributed by atoms with E-state index in [2.05, 4.69) is 17.2 Å². The maximum atomic E-state index is 12.1. The summed E-state index contributed by atoms with van der Waals surface area (Å²) in [4.78, 5) is 23.2. The molecule has 0 fully saturated rings. The van der Waals surface area contributed by atoms with E-state index in [0.717, 1.165) is 11.1 Å². The van der Waals surface area contributed by atoms with Gasteiger partial charge in [-0.25, -0.2) is 0 Å². The van der Waals surface area contributed by atoms with Crippen LogP contribution < -0.4 is 16.8 Å². The summed E-state index contributed by atoms with van der Waals surface area (Å²) in [7, 11) is 0. The maximum Gasteiger partial charge on any atom is 0.251 e. The molecule has 24 heavy (non-hydrogen) atoms. The highest BCUT2D eigenvalue weighted by molar-refractivity contribution is 5.97. The van der Waals surface area contributed by atoms with Crippen molar-refractivity contribution < 1.29 is 9.59 Å². The summed E-state index contributed by atoms with van der Waals surface area (Å²) in [6, 6.07) is 13.4. The van der Waals surface area contributed by atoms with Crippen LogP contribution in [0.4, 0.5) is 5.69 Å². The molecule has 2 aromatic carbocycles. The quantitative estimate of drug-likeness (QED) is 0.590. The number of carbonyl (C=O) groups excluding carboxylic acids is 2. The molecule has 2 rings (SSSR count). The largest absolute Gasteiger partial charge is 0.399 e. The zero-order valence-electron chi connectivity index (χ0n) is 13.4. The summed E-state index contributed by atoms with van der Waals surface area (Å²) in [6.07, 6.45) is 0.451. The first-order chi connectivity index (χ1) is 11.5. The molecular formula is C19H19N3O2. The molecule has 0 bridgehead atoms. The van der Waals surface area contributed by atoms with Crippen LogP contribution in [-0.2, 0) is 4.79 Å². The summed E-state index contributed by atoms with van der Waals surface area (Å²) in [5.74, 6) is 5.17. The molecule has 0 spiro atoms. The van der Waals surface area contributed by atoms with Crippen LogP contribution in [0.2, 0.25) is 0 Å². The molecule has 2 amide bonds. The Hall–Kier alpha value is -3.26. The Kier molecular flexibility index (Phi) is 5.58. The summed E-state index contributed by atoms with van der Waals surface area (Å²) in [5, 5.41) is 2.60. The fourth-order valence-electron chi connectivity index (χ4n) is 2.03. The van der Waals surface area contributed by atoms with Gasteiger partial charge in [0.2, 0.25) is 5.91 Å². The number of hydrogen-bond donors (Lipinski definition) is 3. The van der Waals surface area contributed by atoms with Crippen molar-refractivity contribution in [1.29, 1.82) is 0 Å². The van der Waals surface area contributed by atoms with Crippen molar-refractivity contribution in [3.05, 3.63) is 65.2 Å². The molecule has 0 saturated carbocycles. The number of anilines is 1. The van der Waals surface area contributed by atoms with Crippen LogP contribution in [0.5, 0.6) is 0 Å². The van der Waals surface area contributed by atoms with Gasteiger partial charge in [-0.15, -0.1) is 0 Å². The highest BCUT2D eigenvalue weighted by Gasteiger charge is 2.16. The molecule has 5 heteroatoms. The van der Waals surface area contributed by atoms with Crippen molar-refractivity contribution >= 4 is 17.5 Å². The van der Waals surface area contributed by atoms with E-state index in [1.807, 2.05) is 12.1 Å². The van der Waals surface area contributed by atoms with Gasteiger partial charge >= 0.3 is 0 Å². The molecule has 0 aliphatic rings. The Morgan fingerprint density at radius 3 is 1.96 bits per heavy atom. The molecule has 0 heterocycles. The predicted molar refractivity (Wildman–Crippen MR) is 94.0 cm³/mol. The standard InChI is InChI=1S/C19H19N3O2/c1-2-17(18(21)23)22-19(24)15-9-5-13(6-10-15)3-4-14-7-11-16(20)12-8-14/h5-12,17H,2,20H2,1H3,(H2,21,23)(H,22,24). The molecule has 122 valence electrons. The van der Waals surface area contributed by atoms with Gasteiger partial charge in [0.1, 0.15) is 6.04 Å². The number of carbonyl (C=O) groups is 2. The second-order valence-electron chi connectivity index (χ2n) is 5.29. The zero-order chi connectivity index (χ0) is 17.5. The van der Waals surface area contributed by atoms with Crippen molar-refractivity contribution in [2.24, 2.45) is 5.73 Å². The van der Waals surface area contributed by atoms with E-state index in [1.165, 1.54) is 0 Å². The minimum absolute atomic E-state index is 0.335. The van der Waals surface area contributed by atoms with Gasteiger partial charge in [0.15, 0.2) is 0 Å². The summed E-state index contributed by atoms with van der Waals surface area (Å²) < 4.78 is 0. The Bertz CT molecular complexity index is 784. The van der Waals surface area contributed by atoms with E-state index in [1.54, 1.807) is 43.3 Å². The Morgan fingerprint density at radius 2 is 1.50 bits per heavy atom. The summed E-state index contributed by atoms with van der Waals surface area (Å²) in [6.45, 7) is 1.78. The number of hydrogen-bond acceptors (Lipinski definition) is 3. The molecule has 0 saturated heterocycles. The minimum atomic E-state index is -0.664. The molecule has 0 aromatic heterocycles. The summed E-state index contributed by atoms with van der Waals surface area (Å²) in [5.41, 5.74) is 13.6. The summed E-state index contributed by atoms with van der Waals surface area (Å²) >= 11 is 0. The molecule has 5 N–H and O–H groups in total. The van der Waals surface area contributed by atoms with Gasteiger partial charge in [-0.3, -0.25) is 9.59 Å². The highest BCUT2D eigenvalue weighted by Crippen LogP contribution is 2.06. The van der Waals surface area contributed by atoms with Crippen molar-refractivity contribution in [3.63, 3.8) is 0 Å². The van der Waals surface area contributed by atoms with Gasteiger partial charge in [-0.2, -0.15) is 0 Å². The first-order valence-electron chi connectivity index (χ1n) is 7.57. The first-order valence-corrected chi connectivity index (χ1v) is 7.57. The van der Waals surface area contributed by atoms with E-state index in [-0.39, 0.29) is 5.91 Å². The third kappa shape index (κ3) is 4.62. The van der Waals surface area contributed by atoms with Gasteiger partial charge < -0.3 is 16.8 Å². The van der Waals surface area contributed by atoms with Gasteiger partial charge in [-0.1, -0.05) is 18.8 Å². The Labute approximate surface area is 141 Å². The number of primary amides is 1. The fraction of sp³-hybridized carbons (Fsp3) is 0.158. The number of rotatable bonds is 4. The van der Waals surface area contributed by atoms with Crippen LogP contribution in [0.3, 0.4) is 0 Å². The first kappa shape index (κ1) is 17.1. The van der Waals surface area contributed by atoms with E-state index >= 15 is 0 Å². The van der Waals surface area contributed by atoms with Crippen LogP contribution >= 0.6 is 0 Å². The van der Waals surface area contributed by atoms with Gasteiger partial charge in [0.05, 0.1) is 0 Å². The number of nitrogens with one attached hydrogen (secondary N) is 1. The van der Waals surface area contributed by atoms with E-state index in [9.17, 15) is 9.59 Å². The molecular weight excluding hydrogens is 302 g/mol. The second-order valence-corrected chi connectivity index (χ2v) is 5.29. The Morgan fingerprint density at radius 1 is 1.00 bits per heavy atom. The van der Waals surface area contributed by atoms with Crippen molar-refractivity contribution in [3.8, 4) is 11.8 Å². The lowest BCUT2D eigenvalue weighted by atomic mass is 10.1.